The number of nitrogens with zero attached hydrogens (tertiary/aromatic N) is 1. The van der Waals surface area contributed by atoms with E-state index in [1.165, 1.54) is 0 Å². The molecule has 4 rings (SSSR count). The van der Waals surface area contributed by atoms with E-state index >= 15 is 0 Å². The summed E-state index contributed by atoms with van der Waals surface area (Å²) >= 11 is 0. The third-order valence-electron chi connectivity index (χ3n) is 3.73. The summed E-state index contributed by atoms with van der Waals surface area (Å²) in [4.78, 5) is 37.7. The van der Waals surface area contributed by atoms with Crippen LogP contribution in [-0.4, -0.2) is 22.7 Å². The number of carbonyl (C=O) groups is 3. The van der Waals surface area contributed by atoms with E-state index in [9.17, 15) is 14.4 Å². The van der Waals surface area contributed by atoms with Gasteiger partial charge in [0.1, 0.15) is 0 Å². The number of esters is 1. The number of hydrogen-bond donors (Lipinski definition) is 0. The van der Waals surface area contributed by atoms with Gasteiger partial charge in [-0.1, -0.05) is 30.3 Å². The molecule has 21 heavy (non-hydrogen) atoms. The van der Waals surface area contributed by atoms with Gasteiger partial charge in [-0.2, -0.15) is 0 Å². The van der Waals surface area contributed by atoms with Crippen molar-refractivity contribution in [3.63, 3.8) is 0 Å². The summed E-state index contributed by atoms with van der Waals surface area (Å²) in [6, 6.07) is 13.3. The highest BCUT2D eigenvalue weighted by Crippen LogP contribution is 2.37. The Labute approximate surface area is 119 Å². The van der Waals surface area contributed by atoms with Gasteiger partial charge in [-0.05, 0) is 18.2 Å². The van der Waals surface area contributed by atoms with Crippen molar-refractivity contribution in [3.8, 4) is 0 Å². The van der Waals surface area contributed by atoms with E-state index in [0.717, 1.165) is 4.90 Å². The van der Waals surface area contributed by atoms with Crippen molar-refractivity contribution in [1.82, 2.24) is 4.90 Å². The number of ether oxygens (including phenoxy) is 1. The smallest absolute Gasteiger partial charge is 0.340 e. The quantitative estimate of drug-likeness (QED) is 0.592. The lowest BCUT2D eigenvalue weighted by Crippen LogP contribution is -2.34. The Morgan fingerprint density at radius 2 is 1.29 bits per heavy atom. The van der Waals surface area contributed by atoms with Crippen LogP contribution in [-0.2, 0) is 4.74 Å². The van der Waals surface area contributed by atoms with Crippen molar-refractivity contribution in [1.29, 1.82) is 0 Å². The SMILES string of the molecule is O=C1OC(N2C(=O)c3ccccc3C2=O)c2ccccc21. The van der Waals surface area contributed by atoms with Gasteiger partial charge >= 0.3 is 5.97 Å². The molecule has 5 heteroatoms. The second-order valence-corrected chi connectivity index (χ2v) is 4.87. The summed E-state index contributed by atoms with van der Waals surface area (Å²) in [6.45, 7) is 0. The molecule has 2 heterocycles. The van der Waals surface area contributed by atoms with Gasteiger partial charge in [-0.15, -0.1) is 0 Å². The Morgan fingerprint density at radius 3 is 1.90 bits per heavy atom. The molecule has 2 aliphatic heterocycles. The maximum absolute atomic E-state index is 12.4. The van der Waals surface area contributed by atoms with Crippen LogP contribution < -0.4 is 0 Å². The van der Waals surface area contributed by atoms with E-state index in [2.05, 4.69) is 0 Å². The Balaban J connectivity index is 1.82. The average Bonchev–Trinajstić information content (AvgIpc) is 2.96. The third-order valence-corrected chi connectivity index (χ3v) is 3.73. The Hall–Kier alpha value is -2.95. The number of hydrogen-bond acceptors (Lipinski definition) is 4. The largest absolute Gasteiger partial charge is 0.433 e. The minimum atomic E-state index is -0.985. The number of imide groups is 1. The summed E-state index contributed by atoms with van der Waals surface area (Å²) in [5.41, 5.74) is 1.60. The van der Waals surface area contributed by atoms with Crippen LogP contribution in [0, 0.1) is 0 Å². The van der Waals surface area contributed by atoms with Crippen molar-refractivity contribution < 1.29 is 19.1 Å². The first kappa shape index (κ1) is 11.8. The van der Waals surface area contributed by atoms with Crippen molar-refractivity contribution in [2.75, 3.05) is 0 Å². The summed E-state index contributed by atoms with van der Waals surface area (Å²) < 4.78 is 5.23. The number of amides is 2. The first-order valence-electron chi connectivity index (χ1n) is 6.45. The van der Waals surface area contributed by atoms with Crippen LogP contribution in [0.15, 0.2) is 48.5 Å². The molecule has 0 radical (unpaired) electrons. The fourth-order valence-electron chi connectivity index (χ4n) is 2.74. The van der Waals surface area contributed by atoms with Crippen molar-refractivity contribution in [3.05, 3.63) is 70.8 Å². The molecule has 0 spiro atoms. The number of fused-ring (bicyclic) bond motifs is 2. The Kier molecular flexibility index (Phi) is 2.27. The molecule has 0 saturated carbocycles. The first-order chi connectivity index (χ1) is 10.2. The molecule has 2 aromatic rings. The summed E-state index contributed by atoms with van der Waals surface area (Å²) in [5.74, 6) is -1.40. The van der Waals surface area contributed by atoms with E-state index in [0.29, 0.717) is 22.3 Å². The molecule has 102 valence electrons. The van der Waals surface area contributed by atoms with Crippen LogP contribution in [0.1, 0.15) is 42.9 Å². The normalized spacial score (nSPS) is 19.5. The molecule has 1 unspecified atom stereocenters. The van der Waals surface area contributed by atoms with Crippen molar-refractivity contribution in [2.45, 2.75) is 6.23 Å². The highest BCUT2D eigenvalue weighted by atomic mass is 16.6. The predicted molar refractivity (Wildman–Crippen MR) is 71.5 cm³/mol. The molecule has 1 atom stereocenters. The monoisotopic (exact) mass is 279 g/mol. The second-order valence-electron chi connectivity index (χ2n) is 4.87. The van der Waals surface area contributed by atoms with Gasteiger partial charge in [0.2, 0.25) is 6.23 Å². The minimum absolute atomic E-state index is 0.336. The van der Waals surface area contributed by atoms with Crippen LogP contribution in [0.3, 0.4) is 0 Å². The predicted octanol–water partition coefficient (Wildman–Crippen LogP) is 2.15. The van der Waals surface area contributed by atoms with Crippen molar-refractivity contribution >= 4 is 17.8 Å². The molecule has 0 bridgehead atoms. The highest BCUT2D eigenvalue weighted by Gasteiger charge is 2.45. The first-order valence-corrected chi connectivity index (χ1v) is 6.45. The molecular formula is C16H9NO4. The Bertz CT molecular complexity index is 776. The standard InChI is InChI=1S/C16H9NO4/c18-13-9-5-1-2-6-10(9)14(19)17(13)15-11-7-3-4-8-12(11)16(20)21-15/h1-8,15H. The zero-order valence-electron chi connectivity index (χ0n) is 10.8. The van der Waals surface area contributed by atoms with Crippen LogP contribution in [0.4, 0.5) is 0 Å². The highest BCUT2D eigenvalue weighted by molar-refractivity contribution is 6.21. The molecule has 2 amide bonds. The lowest BCUT2D eigenvalue weighted by molar-refractivity contribution is -0.00717. The molecule has 2 aliphatic rings. The van der Waals surface area contributed by atoms with Gasteiger partial charge in [0, 0.05) is 5.56 Å². The van der Waals surface area contributed by atoms with Gasteiger partial charge in [-0.25, -0.2) is 9.69 Å². The summed E-state index contributed by atoms with van der Waals surface area (Å²) in [7, 11) is 0. The fourth-order valence-corrected chi connectivity index (χ4v) is 2.74. The zero-order valence-corrected chi connectivity index (χ0v) is 10.8. The van der Waals surface area contributed by atoms with Crippen LogP contribution >= 0.6 is 0 Å². The van der Waals surface area contributed by atoms with E-state index in [4.69, 9.17) is 4.74 Å². The van der Waals surface area contributed by atoms with Gasteiger partial charge in [-0.3, -0.25) is 9.59 Å². The number of rotatable bonds is 1. The topological polar surface area (TPSA) is 63.7 Å². The molecular weight excluding hydrogens is 270 g/mol. The van der Waals surface area contributed by atoms with Gasteiger partial charge in [0.15, 0.2) is 0 Å². The average molecular weight is 279 g/mol. The van der Waals surface area contributed by atoms with Crippen LogP contribution in [0.2, 0.25) is 0 Å². The van der Waals surface area contributed by atoms with E-state index in [1.807, 2.05) is 0 Å². The van der Waals surface area contributed by atoms with E-state index in [-0.39, 0.29) is 0 Å². The maximum atomic E-state index is 12.4. The third kappa shape index (κ3) is 1.48. The van der Waals surface area contributed by atoms with Crippen LogP contribution in [0.25, 0.3) is 0 Å². The molecule has 0 aliphatic carbocycles. The molecule has 0 fully saturated rings. The van der Waals surface area contributed by atoms with Crippen LogP contribution in [0.5, 0.6) is 0 Å². The lowest BCUT2D eigenvalue weighted by atomic mass is 10.1. The number of cyclic esters (lactones) is 1. The maximum Gasteiger partial charge on any atom is 0.340 e. The van der Waals surface area contributed by atoms with Gasteiger partial charge in [0.05, 0.1) is 16.7 Å². The summed E-state index contributed by atoms with van der Waals surface area (Å²) in [6.07, 6.45) is -0.985. The zero-order chi connectivity index (χ0) is 14.6. The summed E-state index contributed by atoms with van der Waals surface area (Å²) in [5, 5.41) is 0. The molecule has 2 aromatic carbocycles. The van der Waals surface area contributed by atoms with Gasteiger partial charge < -0.3 is 4.74 Å². The number of benzene rings is 2. The molecule has 0 aromatic heterocycles. The fraction of sp³-hybridized carbons (Fsp3) is 0.0625. The van der Waals surface area contributed by atoms with Gasteiger partial charge in [0.25, 0.3) is 11.8 Å². The minimum Gasteiger partial charge on any atom is -0.433 e. The number of carbonyl (C=O) groups excluding carboxylic acids is 3. The van der Waals surface area contributed by atoms with E-state index in [1.54, 1.807) is 48.5 Å². The second kappa shape index (κ2) is 4.02. The van der Waals surface area contributed by atoms with Crippen molar-refractivity contribution in [2.24, 2.45) is 0 Å². The Morgan fingerprint density at radius 1 is 0.762 bits per heavy atom. The molecule has 0 saturated heterocycles. The molecule has 5 nitrogen and oxygen atoms in total. The lowest BCUT2D eigenvalue weighted by Gasteiger charge is -2.21. The molecule has 0 N–H and O–H groups in total. The van der Waals surface area contributed by atoms with E-state index < -0.39 is 24.0 Å².